The van der Waals surface area contributed by atoms with Crippen LogP contribution in [0.3, 0.4) is 0 Å². The maximum Gasteiger partial charge on any atom is 0.259 e. The van der Waals surface area contributed by atoms with Crippen LogP contribution in [0.15, 0.2) is 46.6 Å². The molecule has 4 rings (SSSR count). The molecule has 0 spiro atoms. The lowest BCUT2D eigenvalue weighted by molar-refractivity contribution is 0.133. The minimum Gasteiger partial charge on any atom is -0.297 e. The first-order valence-corrected chi connectivity index (χ1v) is 9.76. The maximum absolute atomic E-state index is 12.7. The Labute approximate surface area is 151 Å². The van der Waals surface area contributed by atoms with Crippen molar-refractivity contribution in [1.82, 2.24) is 14.3 Å². The lowest BCUT2D eigenvalue weighted by Gasteiger charge is -2.34. The summed E-state index contributed by atoms with van der Waals surface area (Å²) >= 11 is 1.53. The number of rotatable bonds is 3. The van der Waals surface area contributed by atoms with Gasteiger partial charge in [0, 0.05) is 31.1 Å². The van der Waals surface area contributed by atoms with E-state index >= 15 is 0 Å². The largest absolute Gasteiger partial charge is 0.297 e. The summed E-state index contributed by atoms with van der Waals surface area (Å²) in [5, 5.41) is 2.02. The van der Waals surface area contributed by atoms with Crippen molar-refractivity contribution in [3.8, 4) is 11.3 Å². The molecule has 0 N–H and O–H groups in total. The zero-order chi connectivity index (χ0) is 17.4. The van der Waals surface area contributed by atoms with Gasteiger partial charge in [0.15, 0.2) is 4.96 Å². The maximum atomic E-state index is 12.7. The molecule has 0 unspecified atom stereocenters. The Morgan fingerprint density at radius 1 is 1.16 bits per heavy atom. The molecular weight excluding hydrogens is 330 g/mol. The molecule has 1 aliphatic heterocycles. The van der Waals surface area contributed by atoms with Crippen molar-refractivity contribution in [3.05, 3.63) is 57.8 Å². The lowest BCUT2D eigenvalue weighted by Crippen LogP contribution is -2.38. The van der Waals surface area contributed by atoms with E-state index in [1.807, 2.05) is 35.7 Å². The van der Waals surface area contributed by atoms with Crippen molar-refractivity contribution >= 4 is 16.3 Å². The van der Waals surface area contributed by atoms with Crippen LogP contribution in [0.2, 0.25) is 0 Å². The minimum atomic E-state index is 0.0122. The summed E-state index contributed by atoms with van der Waals surface area (Å²) in [4.78, 5) is 20.7. The number of likely N-dealkylation sites (tertiary alicyclic amines) is 1. The number of nitrogens with zero attached hydrogens (tertiary/aromatic N) is 3. The molecule has 0 radical (unpaired) electrons. The van der Waals surface area contributed by atoms with Crippen LogP contribution in [0.1, 0.15) is 26.0 Å². The predicted molar refractivity (Wildman–Crippen MR) is 103 cm³/mol. The number of hydrogen-bond acceptors (Lipinski definition) is 4. The fourth-order valence-electron chi connectivity index (χ4n) is 4.01. The van der Waals surface area contributed by atoms with Gasteiger partial charge in [-0.15, -0.1) is 11.3 Å². The zero-order valence-corrected chi connectivity index (χ0v) is 15.5. The van der Waals surface area contributed by atoms with Gasteiger partial charge in [0.25, 0.3) is 5.56 Å². The number of fused-ring (bicyclic) bond motifs is 1. The van der Waals surface area contributed by atoms with Gasteiger partial charge < -0.3 is 0 Å². The normalized spacial score (nSPS) is 21.7. The summed E-state index contributed by atoms with van der Waals surface area (Å²) in [6.07, 6.45) is 1.29. The highest BCUT2D eigenvalue weighted by molar-refractivity contribution is 7.15. The van der Waals surface area contributed by atoms with Gasteiger partial charge in [0.05, 0.1) is 11.4 Å². The van der Waals surface area contributed by atoms with Crippen LogP contribution in [-0.4, -0.2) is 27.4 Å². The molecule has 130 valence electrons. The average Bonchev–Trinajstić information content (AvgIpc) is 2.99. The van der Waals surface area contributed by atoms with Crippen LogP contribution >= 0.6 is 11.3 Å². The van der Waals surface area contributed by atoms with E-state index in [0.717, 1.165) is 41.5 Å². The summed E-state index contributed by atoms with van der Waals surface area (Å²) in [6, 6.07) is 11.7. The van der Waals surface area contributed by atoms with Gasteiger partial charge in [0.2, 0.25) is 0 Å². The van der Waals surface area contributed by atoms with Crippen molar-refractivity contribution in [2.75, 3.05) is 13.1 Å². The molecule has 0 saturated carbocycles. The minimum absolute atomic E-state index is 0.0122. The molecule has 1 saturated heterocycles. The second-order valence-electron chi connectivity index (χ2n) is 7.33. The van der Waals surface area contributed by atoms with Gasteiger partial charge in [-0.1, -0.05) is 44.2 Å². The van der Waals surface area contributed by atoms with Crippen LogP contribution in [-0.2, 0) is 6.54 Å². The Bertz CT molecular complexity index is 921. The molecule has 25 heavy (non-hydrogen) atoms. The number of piperidine rings is 1. The summed E-state index contributed by atoms with van der Waals surface area (Å²) in [5.41, 5.74) is 2.86. The van der Waals surface area contributed by atoms with E-state index in [4.69, 9.17) is 4.98 Å². The number of hydrogen-bond donors (Lipinski definition) is 0. The smallest absolute Gasteiger partial charge is 0.259 e. The monoisotopic (exact) mass is 353 g/mol. The third-order valence-corrected chi connectivity index (χ3v) is 5.68. The fourth-order valence-corrected chi connectivity index (χ4v) is 4.93. The van der Waals surface area contributed by atoms with Crippen molar-refractivity contribution in [2.45, 2.75) is 26.8 Å². The van der Waals surface area contributed by atoms with E-state index < -0.39 is 0 Å². The Morgan fingerprint density at radius 2 is 1.88 bits per heavy atom. The Morgan fingerprint density at radius 3 is 2.60 bits per heavy atom. The van der Waals surface area contributed by atoms with Crippen LogP contribution in [0, 0.1) is 11.8 Å². The molecule has 3 aromatic rings. The molecule has 5 heteroatoms. The van der Waals surface area contributed by atoms with Crippen molar-refractivity contribution < 1.29 is 0 Å². The molecule has 1 aliphatic rings. The van der Waals surface area contributed by atoms with Gasteiger partial charge in [-0.05, 0) is 23.8 Å². The third kappa shape index (κ3) is 3.39. The van der Waals surface area contributed by atoms with Crippen molar-refractivity contribution in [2.24, 2.45) is 11.8 Å². The number of aromatic nitrogens is 2. The highest BCUT2D eigenvalue weighted by Crippen LogP contribution is 2.25. The first-order valence-electron chi connectivity index (χ1n) is 8.88. The van der Waals surface area contributed by atoms with Gasteiger partial charge in [-0.25, -0.2) is 4.98 Å². The van der Waals surface area contributed by atoms with E-state index in [1.54, 1.807) is 10.5 Å². The second-order valence-corrected chi connectivity index (χ2v) is 8.17. The summed E-state index contributed by atoms with van der Waals surface area (Å²) in [6.45, 7) is 7.55. The van der Waals surface area contributed by atoms with Gasteiger partial charge in [-0.3, -0.25) is 14.1 Å². The number of thiazole rings is 1. The molecule has 2 atom stereocenters. The molecule has 0 aliphatic carbocycles. The van der Waals surface area contributed by atoms with Crippen LogP contribution in [0.5, 0.6) is 0 Å². The first-order chi connectivity index (χ1) is 12.1. The Hall–Kier alpha value is -1.98. The molecule has 2 aromatic heterocycles. The van der Waals surface area contributed by atoms with Gasteiger partial charge in [-0.2, -0.15) is 0 Å². The van der Waals surface area contributed by atoms with Crippen LogP contribution in [0.25, 0.3) is 16.2 Å². The highest BCUT2D eigenvalue weighted by atomic mass is 32.1. The molecule has 4 nitrogen and oxygen atoms in total. The molecule has 1 aromatic carbocycles. The van der Waals surface area contributed by atoms with Crippen LogP contribution in [0.4, 0.5) is 0 Å². The lowest BCUT2D eigenvalue weighted by atomic mass is 9.92. The summed E-state index contributed by atoms with van der Waals surface area (Å²) in [5.74, 6) is 1.42. The fraction of sp³-hybridized carbons (Fsp3) is 0.400. The van der Waals surface area contributed by atoms with E-state index in [1.165, 1.54) is 17.8 Å². The first kappa shape index (κ1) is 16.5. The van der Waals surface area contributed by atoms with Crippen molar-refractivity contribution in [3.63, 3.8) is 0 Å². The third-order valence-electron chi connectivity index (χ3n) is 4.86. The molecular formula is C20H23N3OS. The van der Waals surface area contributed by atoms with E-state index in [9.17, 15) is 4.79 Å². The van der Waals surface area contributed by atoms with Gasteiger partial charge >= 0.3 is 0 Å². The van der Waals surface area contributed by atoms with Crippen LogP contribution < -0.4 is 5.56 Å². The summed E-state index contributed by atoms with van der Waals surface area (Å²) < 4.78 is 1.73. The highest BCUT2D eigenvalue weighted by Gasteiger charge is 2.22. The SMILES string of the molecule is C[C@@H]1C[C@H](C)CN(Cc2cc(=O)n3c(-c4ccccc4)csc3n2)C1. The standard InChI is InChI=1S/C20H23N3OS/c1-14-8-15(2)11-22(10-14)12-17-9-19(24)23-18(13-25-20(23)21-17)16-6-4-3-5-7-16/h3-7,9,13-15H,8,10-12H2,1-2H3/t14-,15+. The second kappa shape index (κ2) is 6.73. The summed E-state index contributed by atoms with van der Waals surface area (Å²) in [7, 11) is 0. The predicted octanol–water partition coefficient (Wildman–Crippen LogP) is 3.90. The topological polar surface area (TPSA) is 37.6 Å². The van der Waals surface area contributed by atoms with Crippen molar-refractivity contribution in [1.29, 1.82) is 0 Å². The Kier molecular flexibility index (Phi) is 4.44. The molecule has 0 bridgehead atoms. The number of benzene rings is 1. The van der Waals surface area contributed by atoms with E-state index in [2.05, 4.69) is 18.7 Å². The molecule has 0 amide bonds. The molecule has 1 fully saturated rings. The van der Waals surface area contributed by atoms with E-state index in [-0.39, 0.29) is 5.56 Å². The average molecular weight is 353 g/mol. The van der Waals surface area contributed by atoms with Gasteiger partial charge in [0.1, 0.15) is 0 Å². The van der Waals surface area contributed by atoms with E-state index in [0.29, 0.717) is 11.8 Å². The molecule has 3 heterocycles. The Balaban J connectivity index is 1.66. The quantitative estimate of drug-likeness (QED) is 0.717. The zero-order valence-electron chi connectivity index (χ0n) is 14.7.